The number of aliphatic imine (C=N–C) groups is 1. The predicted molar refractivity (Wildman–Crippen MR) is 140 cm³/mol. The zero-order valence-corrected chi connectivity index (χ0v) is 20.4. The Morgan fingerprint density at radius 3 is 2.37 bits per heavy atom. The first kappa shape index (κ1) is 24.2. The molecule has 6 nitrogen and oxygen atoms in total. The molecule has 0 unspecified atom stereocenters. The molecule has 0 saturated carbocycles. The number of ether oxygens (including phenoxy) is 1. The normalized spacial score (nSPS) is 13.9. The van der Waals surface area contributed by atoms with Gasteiger partial charge in [0.25, 0.3) is 5.91 Å². The minimum absolute atomic E-state index is 0.0331. The number of methoxy groups -OCH3 is 1. The highest BCUT2D eigenvalue weighted by Gasteiger charge is 2.28. The van der Waals surface area contributed by atoms with Crippen molar-refractivity contribution in [2.75, 3.05) is 25.5 Å². The van der Waals surface area contributed by atoms with E-state index in [4.69, 9.17) is 9.73 Å². The molecule has 0 atom stereocenters. The fourth-order valence-electron chi connectivity index (χ4n) is 4.27. The first-order valence-electron chi connectivity index (χ1n) is 11.8. The van der Waals surface area contributed by atoms with E-state index in [0.717, 1.165) is 29.1 Å². The zero-order chi connectivity index (χ0) is 24.8. The van der Waals surface area contributed by atoms with Gasteiger partial charge in [0.2, 0.25) is 0 Å². The number of Topliss-reactive ketones (excluding diaryl/α,β-unsaturated/α-hetero) is 1. The summed E-state index contributed by atoms with van der Waals surface area (Å²) in [6.45, 7) is 5.27. The molecule has 0 bridgehead atoms. The van der Waals surface area contributed by atoms with Crippen LogP contribution < -0.4 is 15.4 Å². The molecule has 1 aliphatic heterocycles. The van der Waals surface area contributed by atoms with Gasteiger partial charge in [-0.25, -0.2) is 0 Å². The number of rotatable bonds is 9. The van der Waals surface area contributed by atoms with Crippen molar-refractivity contribution in [3.8, 4) is 5.75 Å². The number of carbonyl (C=O) groups is 2. The molecule has 3 aromatic rings. The van der Waals surface area contributed by atoms with Gasteiger partial charge in [-0.2, -0.15) is 0 Å². The van der Waals surface area contributed by atoms with Gasteiger partial charge in [0.1, 0.15) is 5.75 Å². The Morgan fingerprint density at radius 1 is 0.943 bits per heavy atom. The van der Waals surface area contributed by atoms with Crippen LogP contribution in [0, 0.1) is 0 Å². The monoisotopic (exact) mass is 469 g/mol. The van der Waals surface area contributed by atoms with Gasteiger partial charge in [-0.05, 0) is 62.2 Å². The fraction of sp³-hybridized carbons (Fsp3) is 0.276. The largest absolute Gasteiger partial charge is 0.497 e. The molecule has 0 fully saturated rings. The fourth-order valence-corrected chi connectivity index (χ4v) is 4.27. The summed E-state index contributed by atoms with van der Waals surface area (Å²) < 4.78 is 5.38. The number of para-hydroxylation sites is 1. The quantitative estimate of drug-likeness (QED) is 0.344. The van der Waals surface area contributed by atoms with Crippen LogP contribution in [0.4, 0.5) is 5.69 Å². The Balaban J connectivity index is 1.37. The number of anilines is 1. The average Bonchev–Trinajstić information content (AvgIpc) is 2.86. The van der Waals surface area contributed by atoms with Crippen molar-refractivity contribution in [3.05, 3.63) is 95.1 Å². The number of benzene rings is 3. The molecule has 0 radical (unpaired) electrons. The third-order valence-corrected chi connectivity index (χ3v) is 6.00. The van der Waals surface area contributed by atoms with Gasteiger partial charge < -0.3 is 15.4 Å². The summed E-state index contributed by atoms with van der Waals surface area (Å²) in [6, 6.07) is 22.6. The molecule has 0 spiro atoms. The molecule has 1 aliphatic rings. The third-order valence-electron chi connectivity index (χ3n) is 6.00. The van der Waals surface area contributed by atoms with Crippen LogP contribution in [-0.4, -0.2) is 43.1 Å². The number of nitrogens with one attached hydrogen (secondary N) is 2. The Kier molecular flexibility index (Phi) is 7.30. The SMILES string of the molecule is COc1ccc2c(c1)C(CC(=O)c1ccc(C(=O)NCCNc3ccccc3)cc1)=NC(C)(C)C2. The summed E-state index contributed by atoms with van der Waals surface area (Å²) in [5.74, 6) is 0.547. The van der Waals surface area contributed by atoms with E-state index < -0.39 is 0 Å². The van der Waals surface area contributed by atoms with Gasteiger partial charge in [0.05, 0.1) is 24.8 Å². The van der Waals surface area contributed by atoms with Crippen molar-refractivity contribution in [3.63, 3.8) is 0 Å². The van der Waals surface area contributed by atoms with Crippen molar-refractivity contribution in [2.45, 2.75) is 32.2 Å². The molecule has 1 amide bonds. The molecule has 6 heteroatoms. The third kappa shape index (κ3) is 6.15. The number of hydrogen-bond acceptors (Lipinski definition) is 5. The van der Waals surface area contributed by atoms with Crippen LogP contribution in [0.15, 0.2) is 77.8 Å². The van der Waals surface area contributed by atoms with E-state index in [2.05, 4.69) is 30.5 Å². The van der Waals surface area contributed by atoms with E-state index in [1.165, 1.54) is 5.56 Å². The van der Waals surface area contributed by atoms with Gasteiger partial charge >= 0.3 is 0 Å². The second-order valence-corrected chi connectivity index (χ2v) is 9.30. The summed E-state index contributed by atoms with van der Waals surface area (Å²) in [7, 11) is 1.63. The molecular formula is C29H31N3O3. The number of amides is 1. The molecule has 180 valence electrons. The van der Waals surface area contributed by atoms with Gasteiger partial charge in [-0.1, -0.05) is 36.4 Å². The maximum atomic E-state index is 13.1. The maximum Gasteiger partial charge on any atom is 0.251 e. The maximum absolute atomic E-state index is 13.1. The van der Waals surface area contributed by atoms with E-state index >= 15 is 0 Å². The van der Waals surface area contributed by atoms with Crippen molar-refractivity contribution in [1.82, 2.24) is 5.32 Å². The summed E-state index contributed by atoms with van der Waals surface area (Å²) in [6.07, 6.45) is 1.01. The molecule has 3 aromatic carbocycles. The predicted octanol–water partition coefficient (Wildman–Crippen LogP) is 4.93. The van der Waals surface area contributed by atoms with Crippen LogP contribution in [0.3, 0.4) is 0 Å². The molecule has 0 aromatic heterocycles. The lowest BCUT2D eigenvalue weighted by Crippen LogP contribution is -2.30. The topological polar surface area (TPSA) is 79.8 Å². The molecule has 1 heterocycles. The summed E-state index contributed by atoms with van der Waals surface area (Å²) in [5.41, 5.74) is 4.73. The first-order chi connectivity index (χ1) is 16.8. The number of carbonyl (C=O) groups excluding carboxylic acids is 2. The van der Waals surface area contributed by atoms with Crippen LogP contribution in [0.1, 0.15) is 52.1 Å². The smallest absolute Gasteiger partial charge is 0.251 e. The van der Waals surface area contributed by atoms with Gasteiger partial charge in [0, 0.05) is 35.5 Å². The van der Waals surface area contributed by atoms with E-state index in [1.807, 2.05) is 42.5 Å². The number of fused-ring (bicyclic) bond motifs is 1. The van der Waals surface area contributed by atoms with E-state index in [1.54, 1.807) is 31.4 Å². The Morgan fingerprint density at radius 2 is 1.66 bits per heavy atom. The summed E-state index contributed by atoms with van der Waals surface area (Å²) in [5, 5.41) is 6.15. The first-order valence-corrected chi connectivity index (χ1v) is 11.8. The van der Waals surface area contributed by atoms with Crippen LogP contribution in [0.2, 0.25) is 0 Å². The minimum Gasteiger partial charge on any atom is -0.497 e. The van der Waals surface area contributed by atoms with Crippen LogP contribution >= 0.6 is 0 Å². The minimum atomic E-state index is -0.269. The molecule has 2 N–H and O–H groups in total. The van der Waals surface area contributed by atoms with Crippen molar-refractivity contribution in [2.24, 2.45) is 4.99 Å². The second-order valence-electron chi connectivity index (χ2n) is 9.30. The zero-order valence-electron chi connectivity index (χ0n) is 20.4. The average molecular weight is 470 g/mol. The highest BCUT2D eigenvalue weighted by atomic mass is 16.5. The van der Waals surface area contributed by atoms with E-state index in [-0.39, 0.29) is 23.7 Å². The lowest BCUT2D eigenvalue weighted by Gasteiger charge is -2.29. The number of nitrogens with zero attached hydrogens (tertiary/aromatic N) is 1. The Hall–Kier alpha value is -3.93. The summed E-state index contributed by atoms with van der Waals surface area (Å²) in [4.78, 5) is 30.4. The summed E-state index contributed by atoms with van der Waals surface area (Å²) >= 11 is 0. The molecule has 35 heavy (non-hydrogen) atoms. The van der Waals surface area contributed by atoms with Gasteiger partial charge in [-0.15, -0.1) is 0 Å². The van der Waals surface area contributed by atoms with E-state index in [9.17, 15) is 9.59 Å². The van der Waals surface area contributed by atoms with Crippen LogP contribution in [0.5, 0.6) is 5.75 Å². The Bertz CT molecular complexity index is 1230. The highest BCUT2D eigenvalue weighted by Crippen LogP contribution is 2.31. The van der Waals surface area contributed by atoms with Gasteiger partial charge in [0.15, 0.2) is 5.78 Å². The van der Waals surface area contributed by atoms with E-state index in [0.29, 0.717) is 24.2 Å². The molecule has 4 rings (SSSR count). The Labute approximate surface area is 206 Å². The van der Waals surface area contributed by atoms with Crippen molar-refractivity contribution >= 4 is 23.1 Å². The molecule has 0 saturated heterocycles. The number of ketones is 1. The standard InChI is InChI=1S/C29H31N3O3/c1-29(2)19-22-13-14-24(35-3)17-25(22)26(32-29)18-27(33)20-9-11-21(12-10-20)28(34)31-16-15-30-23-7-5-4-6-8-23/h4-14,17,30H,15-16,18-19H2,1-3H3,(H,31,34). The molecular weight excluding hydrogens is 438 g/mol. The lowest BCUT2D eigenvalue weighted by molar-refractivity contribution is 0.0952. The van der Waals surface area contributed by atoms with Gasteiger partial charge in [-0.3, -0.25) is 14.6 Å². The van der Waals surface area contributed by atoms with Crippen LogP contribution in [-0.2, 0) is 6.42 Å². The number of hydrogen-bond donors (Lipinski definition) is 2. The molecule has 0 aliphatic carbocycles. The second kappa shape index (κ2) is 10.6. The van der Waals surface area contributed by atoms with Crippen molar-refractivity contribution < 1.29 is 14.3 Å². The van der Waals surface area contributed by atoms with Crippen molar-refractivity contribution in [1.29, 1.82) is 0 Å². The van der Waals surface area contributed by atoms with Crippen LogP contribution in [0.25, 0.3) is 0 Å². The highest BCUT2D eigenvalue weighted by molar-refractivity contribution is 6.17. The lowest BCUT2D eigenvalue weighted by atomic mass is 9.85.